The summed E-state index contributed by atoms with van der Waals surface area (Å²) in [6.45, 7) is 0.350. The molecule has 0 spiro atoms. The van der Waals surface area contributed by atoms with Crippen LogP contribution in [0.2, 0.25) is 10.0 Å². The molecule has 1 unspecified atom stereocenters. The number of aliphatic hydroxyl groups is 1. The van der Waals surface area contributed by atoms with Gasteiger partial charge in [-0.05, 0) is 55.7 Å². The normalized spacial score (nSPS) is 19.2. The highest BCUT2D eigenvalue weighted by atomic mass is 35.5. The smallest absolute Gasteiger partial charge is 0.287 e. The number of carbonyl (C=O) groups excluding carboxylic acids is 1. The van der Waals surface area contributed by atoms with Crippen LogP contribution in [0.4, 0.5) is 4.39 Å². The zero-order valence-corrected chi connectivity index (χ0v) is 18.6. The van der Waals surface area contributed by atoms with Gasteiger partial charge in [-0.1, -0.05) is 23.2 Å². The fraction of sp³-hybridized carbons (Fsp3) is 0.348. The standard InChI is InChI=1S/C23H23Cl2FN2O4/c24-14-1-6-21-13(7-14)8-22(32-21)23(30)28-16-3-2-15(9-16)27-11-17(29)12-31-18-4-5-19(25)20(26)10-18/h1,4-8,10,15-17,27,29H,2-3,9,11-12H2,(H,28,30)/t15-,16?,17+/m0/s1. The number of hydrogen-bond donors (Lipinski definition) is 3. The van der Waals surface area contributed by atoms with E-state index in [4.69, 9.17) is 32.4 Å². The Hall–Kier alpha value is -2.32. The summed E-state index contributed by atoms with van der Waals surface area (Å²) in [5.74, 6) is -0.263. The third-order valence-electron chi connectivity index (χ3n) is 5.45. The van der Waals surface area contributed by atoms with Gasteiger partial charge in [0.05, 0.1) is 5.02 Å². The van der Waals surface area contributed by atoms with Crippen molar-refractivity contribution in [1.82, 2.24) is 10.6 Å². The highest BCUT2D eigenvalue weighted by molar-refractivity contribution is 6.31. The molecule has 0 bridgehead atoms. The number of furan rings is 1. The Balaban J connectivity index is 1.20. The van der Waals surface area contributed by atoms with Gasteiger partial charge in [-0.3, -0.25) is 4.79 Å². The first-order valence-electron chi connectivity index (χ1n) is 10.4. The Kier molecular flexibility index (Phi) is 7.20. The predicted octanol–water partition coefficient (Wildman–Crippen LogP) is 4.56. The zero-order chi connectivity index (χ0) is 22.7. The Morgan fingerprint density at radius 2 is 2.00 bits per heavy atom. The number of halogens is 3. The molecule has 1 aliphatic carbocycles. The van der Waals surface area contributed by atoms with Crippen molar-refractivity contribution in [3.8, 4) is 5.75 Å². The SMILES string of the molecule is O=C(NC1CC[C@H](NC[C@@H](O)COc2ccc(Cl)c(F)c2)C1)c1cc2cc(Cl)ccc2o1. The molecular formula is C23H23Cl2FN2O4. The molecule has 1 aliphatic rings. The van der Waals surface area contributed by atoms with Crippen molar-refractivity contribution in [1.29, 1.82) is 0 Å². The lowest BCUT2D eigenvalue weighted by molar-refractivity contribution is 0.0910. The molecule has 0 aliphatic heterocycles. The van der Waals surface area contributed by atoms with E-state index >= 15 is 0 Å². The van der Waals surface area contributed by atoms with Crippen LogP contribution in [0.25, 0.3) is 11.0 Å². The molecule has 1 amide bonds. The second kappa shape index (κ2) is 10.1. The summed E-state index contributed by atoms with van der Waals surface area (Å²) < 4.78 is 24.5. The second-order valence-corrected chi connectivity index (χ2v) is 8.77. The fourth-order valence-corrected chi connectivity index (χ4v) is 4.10. The summed E-state index contributed by atoms with van der Waals surface area (Å²) in [7, 11) is 0. The van der Waals surface area contributed by atoms with Gasteiger partial charge >= 0.3 is 0 Å². The predicted molar refractivity (Wildman–Crippen MR) is 121 cm³/mol. The summed E-state index contributed by atoms with van der Waals surface area (Å²) in [6, 6.07) is 11.2. The molecule has 2 aromatic carbocycles. The van der Waals surface area contributed by atoms with E-state index in [2.05, 4.69) is 10.6 Å². The van der Waals surface area contributed by atoms with Crippen LogP contribution in [-0.4, -0.2) is 42.4 Å². The molecular weight excluding hydrogens is 458 g/mol. The summed E-state index contributed by atoms with van der Waals surface area (Å²) in [5.41, 5.74) is 0.614. The molecule has 0 radical (unpaired) electrons. The van der Waals surface area contributed by atoms with Crippen molar-refractivity contribution in [3.05, 3.63) is 64.1 Å². The van der Waals surface area contributed by atoms with Gasteiger partial charge in [-0.15, -0.1) is 0 Å². The monoisotopic (exact) mass is 480 g/mol. The molecule has 32 heavy (non-hydrogen) atoms. The summed E-state index contributed by atoms with van der Waals surface area (Å²) in [4.78, 5) is 12.5. The maximum Gasteiger partial charge on any atom is 0.287 e. The Morgan fingerprint density at radius 1 is 1.19 bits per heavy atom. The number of hydrogen-bond acceptors (Lipinski definition) is 5. The average molecular weight is 481 g/mol. The van der Waals surface area contributed by atoms with Gasteiger partial charge in [0.15, 0.2) is 5.76 Å². The Labute approximate surface area is 194 Å². The molecule has 3 N–H and O–H groups in total. The third kappa shape index (κ3) is 5.72. The zero-order valence-electron chi connectivity index (χ0n) is 17.1. The number of aliphatic hydroxyl groups excluding tert-OH is 1. The lowest BCUT2D eigenvalue weighted by Gasteiger charge is -2.17. The van der Waals surface area contributed by atoms with Gasteiger partial charge in [0.1, 0.15) is 29.9 Å². The number of benzene rings is 2. The molecule has 1 saturated carbocycles. The van der Waals surface area contributed by atoms with Crippen LogP contribution in [0.1, 0.15) is 29.8 Å². The number of nitrogens with one attached hydrogen (secondary N) is 2. The lowest BCUT2D eigenvalue weighted by Crippen LogP contribution is -2.39. The van der Waals surface area contributed by atoms with Crippen molar-refractivity contribution in [2.45, 2.75) is 37.5 Å². The topological polar surface area (TPSA) is 83.7 Å². The van der Waals surface area contributed by atoms with E-state index in [1.165, 1.54) is 12.1 Å². The number of carbonyl (C=O) groups is 1. The third-order valence-corrected chi connectivity index (χ3v) is 5.99. The molecule has 1 fully saturated rings. The van der Waals surface area contributed by atoms with E-state index in [1.54, 1.807) is 30.3 Å². The van der Waals surface area contributed by atoms with Crippen LogP contribution in [0.3, 0.4) is 0 Å². The van der Waals surface area contributed by atoms with Crippen molar-refractivity contribution in [2.24, 2.45) is 0 Å². The van der Waals surface area contributed by atoms with Gasteiger partial charge < -0.3 is 24.9 Å². The van der Waals surface area contributed by atoms with Crippen LogP contribution in [0, 0.1) is 5.82 Å². The minimum Gasteiger partial charge on any atom is -0.491 e. The molecule has 4 rings (SSSR count). The summed E-state index contributed by atoms with van der Waals surface area (Å²) >= 11 is 11.6. The molecule has 9 heteroatoms. The van der Waals surface area contributed by atoms with E-state index in [1.807, 2.05) is 0 Å². The van der Waals surface area contributed by atoms with Crippen LogP contribution in [-0.2, 0) is 0 Å². The first-order chi connectivity index (χ1) is 15.4. The first-order valence-corrected chi connectivity index (χ1v) is 11.1. The second-order valence-electron chi connectivity index (χ2n) is 7.92. The van der Waals surface area contributed by atoms with E-state index in [0.29, 0.717) is 22.9 Å². The van der Waals surface area contributed by atoms with Gasteiger partial charge in [0, 0.05) is 35.1 Å². The quantitative estimate of drug-likeness (QED) is 0.440. The maximum absolute atomic E-state index is 13.4. The minimum absolute atomic E-state index is 0.0160. The molecule has 170 valence electrons. The highest BCUT2D eigenvalue weighted by Crippen LogP contribution is 2.25. The largest absolute Gasteiger partial charge is 0.491 e. The van der Waals surface area contributed by atoms with E-state index in [9.17, 15) is 14.3 Å². The fourth-order valence-electron chi connectivity index (χ4n) is 3.80. The van der Waals surface area contributed by atoms with Crippen LogP contribution < -0.4 is 15.4 Å². The van der Waals surface area contributed by atoms with Gasteiger partial charge in [0.2, 0.25) is 0 Å². The number of fused-ring (bicyclic) bond motifs is 1. The Morgan fingerprint density at radius 3 is 2.81 bits per heavy atom. The first kappa shape index (κ1) is 22.9. The molecule has 1 heterocycles. The molecule has 3 atom stereocenters. The van der Waals surface area contributed by atoms with Crippen LogP contribution in [0.15, 0.2) is 46.9 Å². The molecule has 1 aromatic heterocycles. The van der Waals surface area contributed by atoms with Gasteiger partial charge in [-0.25, -0.2) is 4.39 Å². The molecule has 3 aromatic rings. The van der Waals surface area contributed by atoms with Crippen LogP contribution >= 0.6 is 23.2 Å². The average Bonchev–Trinajstić information content (AvgIpc) is 3.39. The van der Waals surface area contributed by atoms with Gasteiger partial charge in [0.25, 0.3) is 5.91 Å². The van der Waals surface area contributed by atoms with Gasteiger partial charge in [-0.2, -0.15) is 0 Å². The summed E-state index contributed by atoms with van der Waals surface area (Å²) in [5, 5.41) is 17.8. The maximum atomic E-state index is 13.4. The molecule has 0 saturated heterocycles. The Bertz CT molecular complexity index is 1110. The number of rotatable bonds is 8. The van der Waals surface area contributed by atoms with Crippen LogP contribution in [0.5, 0.6) is 5.75 Å². The van der Waals surface area contributed by atoms with E-state index in [0.717, 1.165) is 24.6 Å². The van der Waals surface area contributed by atoms with Crippen molar-refractivity contribution >= 4 is 40.1 Å². The highest BCUT2D eigenvalue weighted by Gasteiger charge is 2.27. The molecule has 6 nitrogen and oxygen atoms in total. The van der Waals surface area contributed by atoms with E-state index < -0.39 is 11.9 Å². The number of ether oxygens (including phenoxy) is 1. The van der Waals surface area contributed by atoms with Crippen molar-refractivity contribution in [2.75, 3.05) is 13.2 Å². The van der Waals surface area contributed by atoms with Crippen molar-refractivity contribution in [3.63, 3.8) is 0 Å². The lowest BCUT2D eigenvalue weighted by atomic mass is 10.2. The summed E-state index contributed by atoms with van der Waals surface area (Å²) in [6.07, 6.45) is 1.68. The number of amides is 1. The van der Waals surface area contributed by atoms with E-state index in [-0.39, 0.29) is 35.4 Å². The van der Waals surface area contributed by atoms with Crippen molar-refractivity contribution < 1.29 is 23.4 Å². The minimum atomic E-state index is -0.759.